The van der Waals surface area contributed by atoms with Gasteiger partial charge in [0.2, 0.25) is 0 Å². The van der Waals surface area contributed by atoms with Crippen molar-refractivity contribution in [2.45, 2.75) is 37.4 Å². The average molecular weight is 328 g/mol. The van der Waals surface area contributed by atoms with E-state index in [1.54, 1.807) is 0 Å². The zero-order chi connectivity index (χ0) is 16.4. The van der Waals surface area contributed by atoms with E-state index >= 15 is 0 Å². The quantitative estimate of drug-likeness (QED) is 0.496. The van der Waals surface area contributed by atoms with Gasteiger partial charge in [-0.1, -0.05) is 0 Å². The third-order valence-corrected chi connectivity index (χ3v) is 4.34. The van der Waals surface area contributed by atoms with Crippen LogP contribution in [-0.2, 0) is 19.3 Å². The number of nitrogens with one attached hydrogen (secondary N) is 2. The lowest BCUT2D eigenvalue weighted by molar-refractivity contribution is -0.167. The molecule has 3 heterocycles. The van der Waals surface area contributed by atoms with E-state index < -0.39 is 24.6 Å². The standard InChI is InChI=1S/C13H20N4O6/c18-11(19)7-23-17-9-1-2-10(16(5-9)13(17)21)12(20)15-22-6-8-3-4-14-8/h8-10,14H,1-7H2,(H,15,20)(H,18,19)/t8-,9?,10?/m0/s1. The number of rotatable bonds is 7. The van der Waals surface area contributed by atoms with E-state index in [9.17, 15) is 14.4 Å². The second-order valence-corrected chi connectivity index (χ2v) is 5.89. The van der Waals surface area contributed by atoms with Crippen molar-refractivity contribution in [3.8, 4) is 0 Å². The van der Waals surface area contributed by atoms with Crippen molar-refractivity contribution in [2.75, 3.05) is 26.3 Å². The fourth-order valence-corrected chi connectivity index (χ4v) is 2.97. The van der Waals surface area contributed by atoms with Crippen molar-refractivity contribution in [1.82, 2.24) is 20.8 Å². The highest BCUT2D eigenvalue weighted by Gasteiger charge is 2.48. The van der Waals surface area contributed by atoms with Gasteiger partial charge in [0.05, 0.1) is 12.6 Å². The SMILES string of the molecule is O=C(O)CON1C(=O)N2CC1CCC2C(=O)NOC[C@@H]1CCN1. The number of hydrogen-bond donors (Lipinski definition) is 3. The summed E-state index contributed by atoms with van der Waals surface area (Å²) in [6.07, 6.45) is 2.08. The molecule has 3 amide bonds. The van der Waals surface area contributed by atoms with Crippen LogP contribution in [0.15, 0.2) is 0 Å². The van der Waals surface area contributed by atoms with Crippen molar-refractivity contribution >= 4 is 17.9 Å². The van der Waals surface area contributed by atoms with Crippen LogP contribution in [0.1, 0.15) is 19.3 Å². The number of carboxylic acids is 1. The Morgan fingerprint density at radius 1 is 1.35 bits per heavy atom. The molecule has 128 valence electrons. The van der Waals surface area contributed by atoms with Crippen molar-refractivity contribution in [2.24, 2.45) is 0 Å². The van der Waals surface area contributed by atoms with E-state index in [1.807, 2.05) is 0 Å². The Bertz CT molecular complexity index is 497. The highest BCUT2D eigenvalue weighted by Crippen LogP contribution is 2.30. The maximum Gasteiger partial charge on any atom is 0.345 e. The minimum Gasteiger partial charge on any atom is -0.479 e. The average Bonchev–Trinajstić information content (AvgIpc) is 2.71. The highest BCUT2D eigenvalue weighted by atomic mass is 16.7. The first-order valence-electron chi connectivity index (χ1n) is 7.66. The van der Waals surface area contributed by atoms with Crippen LogP contribution >= 0.6 is 0 Å². The summed E-state index contributed by atoms with van der Waals surface area (Å²) in [5, 5.41) is 12.9. The van der Waals surface area contributed by atoms with Gasteiger partial charge in [-0.3, -0.25) is 14.5 Å². The third kappa shape index (κ3) is 3.38. The molecule has 3 N–H and O–H groups in total. The summed E-state index contributed by atoms with van der Waals surface area (Å²) >= 11 is 0. The van der Waals surface area contributed by atoms with E-state index in [0.717, 1.165) is 18.0 Å². The Morgan fingerprint density at radius 2 is 2.13 bits per heavy atom. The summed E-state index contributed by atoms with van der Waals surface area (Å²) in [4.78, 5) is 46.6. The molecule has 3 aliphatic heterocycles. The van der Waals surface area contributed by atoms with E-state index in [2.05, 4.69) is 10.8 Å². The molecule has 10 nitrogen and oxygen atoms in total. The Labute approximate surface area is 132 Å². The van der Waals surface area contributed by atoms with Crippen molar-refractivity contribution in [3.63, 3.8) is 0 Å². The lowest BCUT2D eigenvalue weighted by atomic mass is 10.0. The molecule has 0 saturated carbocycles. The number of fused-ring (bicyclic) bond motifs is 2. The summed E-state index contributed by atoms with van der Waals surface area (Å²) < 4.78 is 0. The molecule has 0 aromatic rings. The minimum atomic E-state index is -1.15. The van der Waals surface area contributed by atoms with Crippen LogP contribution in [0.3, 0.4) is 0 Å². The van der Waals surface area contributed by atoms with Crippen LogP contribution < -0.4 is 10.8 Å². The summed E-state index contributed by atoms with van der Waals surface area (Å²) in [5.41, 5.74) is 2.39. The second-order valence-electron chi connectivity index (χ2n) is 5.89. The number of carbonyl (C=O) groups is 3. The molecule has 0 aromatic carbocycles. The lowest BCUT2D eigenvalue weighted by Crippen LogP contribution is -2.51. The van der Waals surface area contributed by atoms with Crippen molar-refractivity contribution in [3.05, 3.63) is 0 Å². The van der Waals surface area contributed by atoms with Crippen LogP contribution in [0.25, 0.3) is 0 Å². The Kier molecular flexibility index (Phi) is 4.64. The van der Waals surface area contributed by atoms with Crippen LogP contribution in [-0.4, -0.2) is 77.4 Å². The monoisotopic (exact) mass is 328 g/mol. The van der Waals surface area contributed by atoms with Gasteiger partial charge in [0.1, 0.15) is 6.04 Å². The van der Waals surface area contributed by atoms with Crippen LogP contribution in [0.5, 0.6) is 0 Å². The third-order valence-electron chi connectivity index (χ3n) is 4.34. The number of nitrogens with zero attached hydrogens (tertiary/aromatic N) is 2. The summed E-state index contributed by atoms with van der Waals surface area (Å²) in [6.45, 7) is 1.12. The number of piperidine rings is 1. The number of aliphatic carboxylic acids is 1. The maximum absolute atomic E-state index is 12.3. The fourth-order valence-electron chi connectivity index (χ4n) is 2.97. The second kappa shape index (κ2) is 6.69. The number of amides is 3. The Balaban J connectivity index is 1.50. The molecule has 0 radical (unpaired) electrons. The molecular formula is C13H20N4O6. The van der Waals surface area contributed by atoms with Gasteiger partial charge in [-0.25, -0.2) is 15.1 Å². The number of hydrogen-bond acceptors (Lipinski definition) is 6. The molecule has 0 aromatic heterocycles. The maximum atomic E-state index is 12.3. The molecule has 10 heteroatoms. The van der Waals surface area contributed by atoms with Crippen LogP contribution in [0.4, 0.5) is 4.79 Å². The van der Waals surface area contributed by atoms with Gasteiger partial charge >= 0.3 is 12.0 Å². The van der Waals surface area contributed by atoms with Crippen LogP contribution in [0.2, 0.25) is 0 Å². The number of carboxylic acid groups (broad SMARTS) is 1. The predicted molar refractivity (Wildman–Crippen MR) is 74.8 cm³/mol. The first-order chi connectivity index (χ1) is 11.1. The molecule has 2 bridgehead atoms. The fraction of sp³-hybridized carbons (Fsp3) is 0.769. The Morgan fingerprint density at radius 3 is 2.78 bits per heavy atom. The zero-order valence-electron chi connectivity index (χ0n) is 12.6. The molecule has 0 aliphatic carbocycles. The molecule has 0 spiro atoms. The van der Waals surface area contributed by atoms with E-state index in [0.29, 0.717) is 26.0 Å². The Hall–Kier alpha value is -1.91. The summed E-state index contributed by atoms with van der Waals surface area (Å²) in [7, 11) is 0. The molecule has 2 unspecified atom stereocenters. The van der Waals surface area contributed by atoms with Gasteiger partial charge in [0.25, 0.3) is 5.91 Å². The molecule has 3 fully saturated rings. The largest absolute Gasteiger partial charge is 0.479 e. The lowest BCUT2D eigenvalue weighted by Gasteiger charge is -2.30. The smallest absolute Gasteiger partial charge is 0.345 e. The van der Waals surface area contributed by atoms with Gasteiger partial charge in [0.15, 0.2) is 6.61 Å². The molecule has 3 atom stereocenters. The predicted octanol–water partition coefficient (Wildman–Crippen LogP) is -1.32. The molecule has 23 heavy (non-hydrogen) atoms. The van der Waals surface area contributed by atoms with E-state index in [1.165, 1.54) is 4.90 Å². The van der Waals surface area contributed by atoms with E-state index in [-0.39, 0.29) is 18.0 Å². The van der Waals surface area contributed by atoms with Gasteiger partial charge in [0, 0.05) is 12.6 Å². The summed E-state index contributed by atoms with van der Waals surface area (Å²) in [6, 6.07) is -1.05. The van der Waals surface area contributed by atoms with Crippen LogP contribution in [0, 0.1) is 0 Å². The number of carbonyl (C=O) groups excluding carboxylic acids is 2. The molecule has 3 aliphatic rings. The van der Waals surface area contributed by atoms with Gasteiger partial charge in [-0.05, 0) is 25.8 Å². The van der Waals surface area contributed by atoms with Gasteiger partial charge in [-0.15, -0.1) is 0 Å². The minimum absolute atomic E-state index is 0.217. The molecular weight excluding hydrogens is 308 g/mol. The highest BCUT2D eigenvalue weighted by molar-refractivity contribution is 5.88. The molecule has 3 saturated heterocycles. The van der Waals surface area contributed by atoms with Crippen molar-refractivity contribution < 1.29 is 29.2 Å². The number of urea groups is 1. The normalized spacial score (nSPS) is 29.4. The zero-order valence-corrected chi connectivity index (χ0v) is 12.6. The first kappa shape index (κ1) is 16.0. The topological polar surface area (TPSA) is 120 Å². The van der Waals surface area contributed by atoms with E-state index in [4.69, 9.17) is 14.8 Å². The van der Waals surface area contributed by atoms with Gasteiger partial charge < -0.3 is 15.3 Å². The molecule has 3 rings (SSSR count). The van der Waals surface area contributed by atoms with Crippen molar-refractivity contribution in [1.29, 1.82) is 0 Å². The first-order valence-corrected chi connectivity index (χ1v) is 7.66. The number of hydroxylamine groups is 3. The summed E-state index contributed by atoms with van der Waals surface area (Å²) in [5.74, 6) is -1.52. The van der Waals surface area contributed by atoms with Gasteiger partial charge in [-0.2, -0.15) is 5.06 Å².